The number of carbonyl (C=O) groups excluding carboxylic acids is 2. The standard InChI is InChI=1S/C26H23BrN2O2/c1-18(30)29-16-15-19-7-5-6-10-23(19)24(29)17-25(31)28-26(20-8-3-2-4-9-20)21-11-13-22(27)14-12-21/h2-16,24,26H,17H2,1H3,(H,28,31). The lowest BCUT2D eigenvalue weighted by Crippen LogP contribution is -2.36. The maximum Gasteiger partial charge on any atom is 0.223 e. The molecule has 4 rings (SSSR count). The first-order valence-electron chi connectivity index (χ1n) is 10.2. The number of benzene rings is 3. The summed E-state index contributed by atoms with van der Waals surface area (Å²) in [5.41, 5.74) is 4.02. The van der Waals surface area contributed by atoms with Crippen molar-refractivity contribution in [2.45, 2.75) is 25.4 Å². The number of amides is 2. The van der Waals surface area contributed by atoms with Crippen molar-refractivity contribution >= 4 is 33.8 Å². The second-order valence-electron chi connectivity index (χ2n) is 7.55. The van der Waals surface area contributed by atoms with Crippen LogP contribution in [0.15, 0.2) is 89.5 Å². The first kappa shape index (κ1) is 21.1. The maximum atomic E-state index is 13.2. The Labute approximate surface area is 190 Å². The van der Waals surface area contributed by atoms with Crippen molar-refractivity contribution in [2.24, 2.45) is 0 Å². The van der Waals surface area contributed by atoms with Gasteiger partial charge in [0.15, 0.2) is 0 Å². The molecule has 1 aliphatic rings. The molecular weight excluding hydrogens is 452 g/mol. The van der Waals surface area contributed by atoms with E-state index in [1.807, 2.05) is 84.9 Å². The van der Waals surface area contributed by atoms with E-state index in [1.54, 1.807) is 11.1 Å². The SMILES string of the molecule is CC(=O)N1C=Cc2ccccc2C1CC(=O)NC(c1ccccc1)c1ccc(Br)cc1. The van der Waals surface area contributed by atoms with Gasteiger partial charge in [-0.3, -0.25) is 9.59 Å². The van der Waals surface area contributed by atoms with Gasteiger partial charge in [-0.25, -0.2) is 0 Å². The van der Waals surface area contributed by atoms with Crippen LogP contribution in [0.3, 0.4) is 0 Å². The highest BCUT2D eigenvalue weighted by atomic mass is 79.9. The number of nitrogens with one attached hydrogen (secondary N) is 1. The molecule has 0 spiro atoms. The number of fused-ring (bicyclic) bond motifs is 1. The Balaban J connectivity index is 1.61. The molecule has 0 aromatic heterocycles. The summed E-state index contributed by atoms with van der Waals surface area (Å²) < 4.78 is 0.983. The van der Waals surface area contributed by atoms with Crippen LogP contribution in [0.1, 0.15) is 47.7 Å². The lowest BCUT2D eigenvalue weighted by atomic mass is 9.93. The van der Waals surface area contributed by atoms with Crippen molar-refractivity contribution in [3.05, 3.63) is 112 Å². The van der Waals surface area contributed by atoms with E-state index in [-0.39, 0.29) is 30.3 Å². The van der Waals surface area contributed by atoms with Crippen molar-refractivity contribution in [3.8, 4) is 0 Å². The first-order chi connectivity index (χ1) is 15.0. The van der Waals surface area contributed by atoms with Gasteiger partial charge in [-0.05, 0) is 40.5 Å². The average molecular weight is 475 g/mol. The van der Waals surface area contributed by atoms with Gasteiger partial charge in [0.05, 0.1) is 18.5 Å². The molecule has 1 heterocycles. The van der Waals surface area contributed by atoms with Crippen LogP contribution in [0.2, 0.25) is 0 Å². The Morgan fingerprint density at radius 1 is 0.935 bits per heavy atom. The van der Waals surface area contributed by atoms with E-state index in [9.17, 15) is 9.59 Å². The predicted octanol–water partition coefficient (Wildman–Crippen LogP) is 5.62. The highest BCUT2D eigenvalue weighted by Crippen LogP contribution is 2.33. The molecule has 1 N–H and O–H groups in total. The number of carbonyl (C=O) groups is 2. The molecule has 2 amide bonds. The van der Waals surface area contributed by atoms with Gasteiger partial charge in [-0.1, -0.05) is 82.7 Å². The summed E-state index contributed by atoms with van der Waals surface area (Å²) in [6.07, 6.45) is 3.87. The monoisotopic (exact) mass is 474 g/mol. The Kier molecular flexibility index (Phi) is 6.33. The molecule has 2 atom stereocenters. The minimum Gasteiger partial charge on any atom is -0.345 e. The summed E-state index contributed by atoms with van der Waals surface area (Å²) in [6, 6.07) is 25.1. The van der Waals surface area contributed by atoms with Gasteiger partial charge in [0.1, 0.15) is 0 Å². The summed E-state index contributed by atoms with van der Waals surface area (Å²) in [7, 11) is 0. The Bertz CT molecular complexity index is 1110. The molecule has 31 heavy (non-hydrogen) atoms. The van der Waals surface area contributed by atoms with Gasteiger partial charge < -0.3 is 10.2 Å². The summed E-state index contributed by atoms with van der Waals surface area (Å²) in [4.78, 5) is 27.1. The van der Waals surface area contributed by atoms with Crippen LogP contribution in [-0.4, -0.2) is 16.7 Å². The van der Waals surface area contributed by atoms with E-state index < -0.39 is 0 Å². The number of rotatable bonds is 5. The molecule has 4 nitrogen and oxygen atoms in total. The summed E-state index contributed by atoms with van der Waals surface area (Å²) in [5, 5.41) is 3.19. The fourth-order valence-corrected chi connectivity index (χ4v) is 4.23. The van der Waals surface area contributed by atoms with Gasteiger partial charge >= 0.3 is 0 Å². The molecule has 3 aromatic rings. The zero-order chi connectivity index (χ0) is 21.8. The number of hydrogen-bond acceptors (Lipinski definition) is 2. The quantitative estimate of drug-likeness (QED) is 0.521. The summed E-state index contributed by atoms with van der Waals surface area (Å²) >= 11 is 3.47. The van der Waals surface area contributed by atoms with E-state index in [0.717, 1.165) is 26.7 Å². The molecule has 5 heteroatoms. The van der Waals surface area contributed by atoms with E-state index in [4.69, 9.17) is 0 Å². The zero-order valence-electron chi connectivity index (χ0n) is 17.2. The third-order valence-corrected chi connectivity index (χ3v) is 6.02. The molecule has 0 aliphatic carbocycles. The minimum absolute atomic E-state index is 0.0870. The lowest BCUT2D eigenvalue weighted by Gasteiger charge is -2.32. The Morgan fingerprint density at radius 3 is 2.29 bits per heavy atom. The normalized spacial score (nSPS) is 15.8. The summed E-state index contributed by atoms with van der Waals surface area (Å²) in [5.74, 6) is -0.200. The van der Waals surface area contributed by atoms with E-state index in [0.29, 0.717) is 0 Å². The second-order valence-corrected chi connectivity index (χ2v) is 8.47. The van der Waals surface area contributed by atoms with Gasteiger partial charge in [-0.2, -0.15) is 0 Å². The van der Waals surface area contributed by atoms with Crippen molar-refractivity contribution in [1.82, 2.24) is 10.2 Å². The van der Waals surface area contributed by atoms with Crippen molar-refractivity contribution in [3.63, 3.8) is 0 Å². The minimum atomic E-state index is -0.333. The predicted molar refractivity (Wildman–Crippen MR) is 126 cm³/mol. The number of nitrogens with zero attached hydrogens (tertiary/aromatic N) is 1. The van der Waals surface area contributed by atoms with Crippen LogP contribution in [0.4, 0.5) is 0 Å². The third kappa shape index (κ3) is 4.78. The van der Waals surface area contributed by atoms with Crippen LogP contribution in [0, 0.1) is 0 Å². The molecule has 0 saturated carbocycles. The van der Waals surface area contributed by atoms with E-state index >= 15 is 0 Å². The van der Waals surface area contributed by atoms with Gasteiger partial charge in [0.25, 0.3) is 0 Å². The van der Waals surface area contributed by atoms with Gasteiger partial charge in [0.2, 0.25) is 11.8 Å². The second kappa shape index (κ2) is 9.31. The van der Waals surface area contributed by atoms with E-state index in [1.165, 1.54) is 6.92 Å². The fraction of sp³-hybridized carbons (Fsp3) is 0.154. The topological polar surface area (TPSA) is 49.4 Å². The molecule has 3 aromatic carbocycles. The first-order valence-corrected chi connectivity index (χ1v) is 11.0. The van der Waals surface area contributed by atoms with Crippen molar-refractivity contribution in [1.29, 1.82) is 0 Å². The van der Waals surface area contributed by atoms with Crippen LogP contribution < -0.4 is 5.32 Å². The molecule has 2 unspecified atom stereocenters. The Morgan fingerprint density at radius 2 is 1.58 bits per heavy atom. The number of halogens is 1. The molecular formula is C26H23BrN2O2. The molecule has 156 valence electrons. The highest BCUT2D eigenvalue weighted by Gasteiger charge is 2.29. The highest BCUT2D eigenvalue weighted by molar-refractivity contribution is 9.10. The van der Waals surface area contributed by atoms with E-state index in [2.05, 4.69) is 21.2 Å². The zero-order valence-corrected chi connectivity index (χ0v) is 18.7. The molecule has 0 bridgehead atoms. The largest absolute Gasteiger partial charge is 0.345 e. The smallest absolute Gasteiger partial charge is 0.223 e. The Hall–Kier alpha value is -3.18. The van der Waals surface area contributed by atoms with Crippen LogP contribution in [-0.2, 0) is 9.59 Å². The van der Waals surface area contributed by atoms with Crippen LogP contribution in [0.5, 0.6) is 0 Å². The van der Waals surface area contributed by atoms with Gasteiger partial charge in [-0.15, -0.1) is 0 Å². The van der Waals surface area contributed by atoms with Crippen molar-refractivity contribution < 1.29 is 9.59 Å². The molecule has 1 aliphatic heterocycles. The average Bonchev–Trinajstić information content (AvgIpc) is 2.79. The van der Waals surface area contributed by atoms with Gasteiger partial charge in [0, 0.05) is 17.6 Å². The molecule has 0 radical (unpaired) electrons. The summed E-state index contributed by atoms with van der Waals surface area (Å²) in [6.45, 7) is 1.53. The van der Waals surface area contributed by atoms with Crippen LogP contribution >= 0.6 is 15.9 Å². The number of hydrogen-bond donors (Lipinski definition) is 1. The van der Waals surface area contributed by atoms with Crippen molar-refractivity contribution in [2.75, 3.05) is 0 Å². The third-order valence-electron chi connectivity index (χ3n) is 5.49. The molecule has 0 fully saturated rings. The fourth-order valence-electron chi connectivity index (χ4n) is 3.97. The molecule has 0 saturated heterocycles. The maximum absolute atomic E-state index is 13.2. The van der Waals surface area contributed by atoms with Crippen LogP contribution in [0.25, 0.3) is 6.08 Å². The lowest BCUT2D eigenvalue weighted by molar-refractivity contribution is -0.130.